The Morgan fingerprint density at radius 2 is 1.95 bits per heavy atom. The molecule has 20 heavy (non-hydrogen) atoms. The van der Waals surface area contributed by atoms with Crippen LogP contribution in [0.5, 0.6) is 0 Å². The maximum absolute atomic E-state index is 11.8. The number of carbonyl (C=O) groups is 1. The highest BCUT2D eigenvalue weighted by Gasteiger charge is 2.12. The van der Waals surface area contributed by atoms with Crippen molar-refractivity contribution in [1.29, 1.82) is 0 Å². The fraction of sp³-hybridized carbons (Fsp3) is 0.625. The van der Waals surface area contributed by atoms with Crippen LogP contribution in [0.3, 0.4) is 0 Å². The number of rotatable bonds is 4. The Bertz CT molecular complexity index is 425. The number of aromatic nitrogens is 1. The number of anilines is 1. The Kier molecular flexibility index (Phi) is 5.84. The van der Waals surface area contributed by atoms with Crippen LogP contribution in [0.2, 0.25) is 0 Å². The lowest BCUT2D eigenvalue weighted by Crippen LogP contribution is -2.24. The zero-order valence-corrected chi connectivity index (χ0v) is 12.3. The first kappa shape index (κ1) is 14.8. The third-order valence-electron chi connectivity index (χ3n) is 3.81. The summed E-state index contributed by atoms with van der Waals surface area (Å²) in [7, 11) is 0. The summed E-state index contributed by atoms with van der Waals surface area (Å²) in [5, 5.41) is 6.35. The van der Waals surface area contributed by atoms with Crippen LogP contribution in [0, 0.1) is 0 Å². The van der Waals surface area contributed by atoms with Crippen molar-refractivity contribution in [3.8, 4) is 0 Å². The van der Waals surface area contributed by atoms with Gasteiger partial charge in [0, 0.05) is 24.5 Å². The Morgan fingerprint density at radius 3 is 2.65 bits per heavy atom. The molecule has 0 saturated heterocycles. The van der Waals surface area contributed by atoms with Gasteiger partial charge in [-0.2, -0.15) is 0 Å². The molecule has 0 atom stereocenters. The molecule has 1 heterocycles. The summed E-state index contributed by atoms with van der Waals surface area (Å²) in [5.74, 6) is -0.103. The zero-order valence-electron chi connectivity index (χ0n) is 12.3. The van der Waals surface area contributed by atoms with Crippen molar-refractivity contribution >= 4 is 11.6 Å². The van der Waals surface area contributed by atoms with E-state index in [9.17, 15) is 4.79 Å². The van der Waals surface area contributed by atoms with E-state index in [4.69, 9.17) is 0 Å². The van der Waals surface area contributed by atoms with Gasteiger partial charge >= 0.3 is 0 Å². The lowest BCUT2D eigenvalue weighted by Gasteiger charge is -2.22. The SMILES string of the molecule is CCNC(=O)c1cc(NC2CCCCCCC2)ccn1. The Balaban J connectivity index is 1.97. The van der Waals surface area contributed by atoms with Gasteiger partial charge in [-0.15, -0.1) is 0 Å². The number of hydrogen-bond donors (Lipinski definition) is 2. The van der Waals surface area contributed by atoms with Crippen LogP contribution >= 0.6 is 0 Å². The Hall–Kier alpha value is -1.58. The minimum absolute atomic E-state index is 0.103. The van der Waals surface area contributed by atoms with E-state index in [0.29, 0.717) is 18.3 Å². The highest BCUT2D eigenvalue weighted by Crippen LogP contribution is 2.20. The van der Waals surface area contributed by atoms with Gasteiger partial charge in [-0.3, -0.25) is 9.78 Å². The summed E-state index contributed by atoms with van der Waals surface area (Å²) in [6.07, 6.45) is 10.8. The standard InChI is InChI=1S/C16H25N3O/c1-2-17-16(20)15-12-14(10-11-18-15)19-13-8-6-4-3-5-7-9-13/h10-13H,2-9H2,1H3,(H,17,20)(H,18,19). The summed E-state index contributed by atoms with van der Waals surface area (Å²) >= 11 is 0. The van der Waals surface area contributed by atoms with E-state index in [0.717, 1.165) is 5.69 Å². The molecule has 1 fully saturated rings. The quantitative estimate of drug-likeness (QED) is 0.886. The van der Waals surface area contributed by atoms with Crippen molar-refractivity contribution in [3.63, 3.8) is 0 Å². The summed E-state index contributed by atoms with van der Waals surface area (Å²) < 4.78 is 0. The van der Waals surface area contributed by atoms with Gasteiger partial charge in [-0.1, -0.05) is 32.1 Å². The first-order valence-electron chi connectivity index (χ1n) is 7.80. The first-order valence-corrected chi connectivity index (χ1v) is 7.80. The molecule has 110 valence electrons. The van der Waals surface area contributed by atoms with E-state index in [1.54, 1.807) is 6.20 Å². The second-order valence-corrected chi connectivity index (χ2v) is 5.48. The number of pyridine rings is 1. The van der Waals surface area contributed by atoms with Crippen LogP contribution in [-0.2, 0) is 0 Å². The van der Waals surface area contributed by atoms with Gasteiger partial charge < -0.3 is 10.6 Å². The molecule has 1 aliphatic carbocycles. The van der Waals surface area contributed by atoms with E-state index in [1.165, 1.54) is 44.9 Å². The molecule has 1 aromatic heterocycles. The third-order valence-corrected chi connectivity index (χ3v) is 3.81. The molecular weight excluding hydrogens is 250 g/mol. The van der Waals surface area contributed by atoms with Crippen molar-refractivity contribution in [3.05, 3.63) is 24.0 Å². The van der Waals surface area contributed by atoms with E-state index < -0.39 is 0 Å². The zero-order chi connectivity index (χ0) is 14.2. The molecule has 2 rings (SSSR count). The summed E-state index contributed by atoms with van der Waals surface area (Å²) in [4.78, 5) is 15.9. The molecule has 0 radical (unpaired) electrons. The van der Waals surface area contributed by atoms with E-state index in [-0.39, 0.29) is 5.91 Å². The number of hydrogen-bond acceptors (Lipinski definition) is 3. The molecule has 2 N–H and O–H groups in total. The molecule has 0 spiro atoms. The normalized spacial score (nSPS) is 17.1. The Labute approximate surface area is 121 Å². The predicted octanol–water partition coefficient (Wildman–Crippen LogP) is 3.36. The fourth-order valence-electron chi connectivity index (χ4n) is 2.73. The highest BCUT2D eigenvalue weighted by molar-refractivity contribution is 5.93. The smallest absolute Gasteiger partial charge is 0.269 e. The molecule has 4 nitrogen and oxygen atoms in total. The van der Waals surface area contributed by atoms with Gasteiger partial charge in [0.15, 0.2) is 0 Å². The molecule has 1 aliphatic rings. The van der Waals surface area contributed by atoms with Crippen LogP contribution < -0.4 is 10.6 Å². The van der Waals surface area contributed by atoms with E-state index in [2.05, 4.69) is 15.6 Å². The van der Waals surface area contributed by atoms with Crippen LogP contribution in [0.4, 0.5) is 5.69 Å². The number of amides is 1. The predicted molar refractivity (Wildman–Crippen MR) is 82.0 cm³/mol. The van der Waals surface area contributed by atoms with Crippen LogP contribution in [0.15, 0.2) is 18.3 Å². The molecule has 0 unspecified atom stereocenters. The number of nitrogens with one attached hydrogen (secondary N) is 2. The lowest BCUT2D eigenvalue weighted by atomic mass is 9.96. The van der Waals surface area contributed by atoms with Gasteiger partial charge in [0.25, 0.3) is 5.91 Å². The molecule has 1 aromatic rings. The Morgan fingerprint density at radius 1 is 1.25 bits per heavy atom. The lowest BCUT2D eigenvalue weighted by molar-refractivity contribution is 0.0951. The second-order valence-electron chi connectivity index (χ2n) is 5.48. The van der Waals surface area contributed by atoms with Crippen molar-refractivity contribution < 1.29 is 4.79 Å². The van der Waals surface area contributed by atoms with Crippen LogP contribution in [-0.4, -0.2) is 23.5 Å². The minimum atomic E-state index is -0.103. The van der Waals surface area contributed by atoms with Crippen molar-refractivity contribution in [2.45, 2.75) is 57.9 Å². The molecular formula is C16H25N3O. The molecule has 0 aliphatic heterocycles. The maximum atomic E-state index is 11.8. The van der Waals surface area contributed by atoms with Gasteiger partial charge in [0.1, 0.15) is 5.69 Å². The summed E-state index contributed by atoms with van der Waals surface area (Å²) in [6.45, 7) is 2.54. The van der Waals surface area contributed by atoms with Crippen molar-refractivity contribution in [2.75, 3.05) is 11.9 Å². The van der Waals surface area contributed by atoms with Crippen molar-refractivity contribution in [2.24, 2.45) is 0 Å². The average Bonchev–Trinajstić information content (AvgIpc) is 2.42. The van der Waals surface area contributed by atoms with Crippen molar-refractivity contribution in [1.82, 2.24) is 10.3 Å². The highest BCUT2D eigenvalue weighted by atomic mass is 16.1. The summed E-state index contributed by atoms with van der Waals surface area (Å²) in [6, 6.07) is 4.32. The first-order chi connectivity index (χ1) is 9.79. The minimum Gasteiger partial charge on any atom is -0.382 e. The second kappa shape index (κ2) is 7.88. The third kappa shape index (κ3) is 4.51. The molecule has 0 bridgehead atoms. The topological polar surface area (TPSA) is 54.0 Å². The monoisotopic (exact) mass is 275 g/mol. The van der Waals surface area contributed by atoms with E-state index >= 15 is 0 Å². The van der Waals surface area contributed by atoms with Gasteiger partial charge in [0.05, 0.1) is 0 Å². The van der Waals surface area contributed by atoms with Gasteiger partial charge in [-0.25, -0.2) is 0 Å². The van der Waals surface area contributed by atoms with Crippen LogP contribution in [0.1, 0.15) is 62.4 Å². The molecule has 0 aromatic carbocycles. The molecule has 4 heteroatoms. The van der Waals surface area contributed by atoms with E-state index in [1.807, 2.05) is 19.1 Å². The summed E-state index contributed by atoms with van der Waals surface area (Å²) in [5.41, 5.74) is 1.49. The average molecular weight is 275 g/mol. The molecule has 1 amide bonds. The number of carbonyl (C=O) groups excluding carboxylic acids is 1. The van der Waals surface area contributed by atoms with Crippen LogP contribution in [0.25, 0.3) is 0 Å². The van der Waals surface area contributed by atoms with Gasteiger partial charge in [-0.05, 0) is 31.9 Å². The molecule has 1 saturated carbocycles. The number of nitrogens with zero attached hydrogens (tertiary/aromatic N) is 1. The fourth-order valence-corrected chi connectivity index (χ4v) is 2.73. The van der Waals surface area contributed by atoms with Gasteiger partial charge in [0.2, 0.25) is 0 Å². The maximum Gasteiger partial charge on any atom is 0.269 e. The largest absolute Gasteiger partial charge is 0.382 e.